The zero-order valence-corrected chi connectivity index (χ0v) is 17.4. The van der Waals surface area contributed by atoms with Crippen LogP contribution in [-0.2, 0) is 4.79 Å². The van der Waals surface area contributed by atoms with E-state index in [1.54, 1.807) is 6.20 Å². The van der Waals surface area contributed by atoms with Crippen molar-refractivity contribution < 1.29 is 9.18 Å². The molecule has 8 heteroatoms. The molecule has 1 saturated heterocycles. The van der Waals surface area contributed by atoms with Gasteiger partial charge in [-0.05, 0) is 36.2 Å². The number of nitrogens with zero attached hydrogens (tertiary/aromatic N) is 4. The van der Waals surface area contributed by atoms with Crippen molar-refractivity contribution in [3.05, 3.63) is 48.8 Å². The van der Waals surface area contributed by atoms with Gasteiger partial charge in [-0.15, -0.1) is 0 Å². The number of piperazine rings is 1. The van der Waals surface area contributed by atoms with E-state index in [1.165, 1.54) is 0 Å². The molecule has 1 amide bonds. The lowest BCUT2D eigenvalue weighted by Crippen LogP contribution is -2.49. The van der Waals surface area contributed by atoms with Crippen LogP contribution in [0, 0.1) is 5.92 Å². The molecule has 1 aliphatic heterocycles. The third kappa shape index (κ3) is 3.95. The van der Waals surface area contributed by atoms with E-state index >= 15 is 0 Å². The molecule has 3 aromatic rings. The number of carbonyl (C=O) groups excluding carboxylic acids is 1. The first-order chi connectivity index (χ1) is 15.1. The highest BCUT2D eigenvalue weighted by atomic mass is 19.1. The fourth-order valence-electron chi connectivity index (χ4n) is 4.24. The summed E-state index contributed by atoms with van der Waals surface area (Å²) in [5, 5.41) is 7.76. The molecule has 2 fully saturated rings. The Bertz CT molecular complexity index is 1070. The molecule has 3 heterocycles. The second-order valence-corrected chi connectivity index (χ2v) is 8.24. The van der Waals surface area contributed by atoms with Gasteiger partial charge in [0.1, 0.15) is 6.17 Å². The number of nitrogens with two attached hydrogens (primary N) is 1. The van der Waals surface area contributed by atoms with E-state index < -0.39 is 12.1 Å². The van der Waals surface area contributed by atoms with Gasteiger partial charge in [-0.3, -0.25) is 4.79 Å². The van der Waals surface area contributed by atoms with Crippen LogP contribution in [0.5, 0.6) is 0 Å². The number of alkyl halides is 1. The molecular formula is C23H27FN6O. The molecule has 3 N–H and O–H groups in total. The Morgan fingerprint density at radius 3 is 2.55 bits per heavy atom. The van der Waals surface area contributed by atoms with Gasteiger partial charge in [-0.1, -0.05) is 12.1 Å². The lowest BCUT2D eigenvalue weighted by molar-refractivity contribution is -0.133. The van der Waals surface area contributed by atoms with Crippen molar-refractivity contribution in [2.75, 3.05) is 49.5 Å². The summed E-state index contributed by atoms with van der Waals surface area (Å²) >= 11 is 0. The molecule has 162 valence electrons. The van der Waals surface area contributed by atoms with Crippen LogP contribution in [0.1, 0.15) is 6.42 Å². The van der Waals surface area contributed by atoms with Crippen molar-refractivity contribution in [1.82, 2.24) is 14.5 Å². The van der Waals surface area contributed by atoms with E-state index in [1.807, 2.05) is 21.7 Å². The van der Waals surface area contributed by atoms with Crippen molar-refractivity contribution in [3.63, 3.8) is 0 Å². The van der Waals surface area contributed by atoms with Crippen molar-refractivity contribution >= 4 is 22.8 Å². The minimum atomic E-state index is -0.935. The third-order valence-electron chi connectivity index (χ3n) is 6.14. The van der Waals surface area contributed by atoms with Crippen LogP contribution >= 0.6 is 0 Å². The minimum Gasteiger partial charge on any atom is -0.384 e. The van der Waals surface area contributed by atoms with Gasteiger partial charge in [0.05, 0.1) is 17.1 Å². The second kappa shape index (κ2) is 8.19. The van der Waals surface area contributed by atoms with Crippen LogP contribution in [0.3, 0.4) is 0 Å². The fourth-order valence-corrected chi connectivity index (χ4v) is 4.24. The molecule has 2 aromatic heterocycles. The number of hydrogen-bond donors (Lipinski definition) is 2. The first-order valence-electron chi connectivity index (χ1n) is 10.8. The maximum absolute atomic E-state index is 13.2. The monoisotopic (exact) mass is 422 g/mol. The largest absolute Gasteiger partial charge is 0.384 e. The average molecular weight is 423 g/mol. The van der Waals surface area contributed by atoms with E-state index in [9.17, 15) is 9.18 Å². The molecular weight excluding hydrogens is 395 g/mol. The molecule has 0 radical (unpaired) electrons. The number of anilines is 2. The summed E-state index contributed by atoms with van der Waals surface area (Å²) in [4.78, 5) is 16.4. The highest BCUT2D eigenvalue weighted by Crippen LogP contribution is 2.36. The topological polar surface area (TPSA) is 78.9 Å². The molecule has 1 aliphatic carbocycles. The Kier molecular flexibility index (Phi) is 5.23. The zero-order valence-electron chi connectivity index (χ0n) is 17.4. The number of halogens is 1. The number of aromatic nitrogens is 2. The van der Waals surface area contributed by atoms with Crippen molar-refractivity contribution in [2.45, 2.75) is 12.6 Å². The van der Waals surface area contributed by atoms with Gasteiger partial charge in [0.2, 0.25) is 5.91 Å². The summed E-state index contributed by atoms with van der Waals surface area (Å²) in [7, 11) is 0. The predicted molar refractivity (Wildman–Crippen MR) is 120 cm³/mol. The van der Waals surface area contributed by atoms with Crippen molar-refractivity contribution in [1.29, 1.82) is 0 Å². The molecule has 31 heavy (non-hydrogen) atoms. The van der Waals surface area contributed by atoms with Gasteiger partial charge < -0.3 is 20.9 Å². The predicted octanol–water partition coefficient (Wildman–Crippen LogP) is 2.38. The summed E-state index contributed by atoms with van der Waals surface area (Å²) < 4.78 is 15.1. The molecule has 7 nitrogen and oxygen atoms in total. The van der Waals surface area contributed by atoms with E-state index in [-0.39, 0.29) is 5.91 Å². The number of fused-ring (bicyclic) bond motifs is 1. The highest BCUT2D eigenvalue weighted by Gasteiger charge is 2.46. The Hall–Kier alpha value is -3.13. The molecule has 0 spiro atoms. The van der Waals surface area contributed by atoms with Crippen LogP contribution in [-0.4, -0.2) is 65.9 Å². The van der Waals surface area contributed by atoms with Gasteiger partial charge in [-0.25, -0.2) is 8.91 Å². The van der Waals surface area contributed by atoms with E-state index in [0.717, 1.165) is 47.7 Å². The molecule has 0 unspecified atom stereocenters. The van der Waals surface area contributed by atoms with Crippen LogP contribution in [0.4, 0.5) is 15.8 Å². The van der Waals surface area contributed by atoms with Gasteiger partial charge >= 0.3 is 0 Å². The molecule has 1 saturated carbocycles. The molecule has 2 atom stereocenters. The zero-order chi connectivity index (χ0) is 21.4. The summed E-state index contributed by atoms with van der Waals surface area (Å²) in [6.07, 6.45) is 3.30. The lowest BCUT2D eigenvalue weighted by Gasteiger charge is -2.36. The van der Waals surface area contributed by atoms with E-state index in [2.05, 4.69) is 45.6 Å². The van der Waals surface area contributed by atoms with Gasteiger partial charge in [-0.2, -0.15) is 5.10 Å². The van der Waals surface area contributed by atoms with Gasteiger partial charge in [0.15, 0.2) is 0 Å². The Labute approximate surface area is 180 Å². The van der Waals surface area contributed by atoms with Crippen LogP contribution in [0.15, 0.2) is 48.8 Å². The quantitative estimate of drug-likeness (QED) is 0.638. The lowest BCUT2D eigenvalue weighted by atomic mass is 10.1. The number of carbonyl (C=O) groups is 1. The normalized spacial score (nSPS) is 20.8. The molecule has 5 rings (SSSR count). The number of benzene rings is 1. The minimum absolute atomic E-state index is 0.0265. The van der Waals surface area contributed by atoms with Crippen LogP contribution in [0.25, 0.3) is 16.6 Å². The summed E-state index contributed by atoms with van der Waals surface area (Å²) in [5.74, 6) is -0.425. The smallest absolute Gasteiger partial charge is 0.228 e. The summed E-state index contributed by atoms with van der Waals surface area (Å²) in [5.41, 5.74) is 11.0. The van der Waals surface area contributed by atoms with Crippen LogP contribution in [0.2, 0.25) is 0 Å². The molecule has 0 bridgehead atoms. The summed E-state index contributed by atoms with van der Waals surface area (Å²) in [6, 6.07) is 12.5. The highest BCUT2D eigenvalue weighted by molar-refractivity contribution is 5.83. The SMILES string of the molecule is NCCNc1ccc(-c2cc3c(N4CCN(C(=O)[C@H]5C[C@@H]5F)CC4)ccnn3c2)cc1. The van der Waals surface area contributed by atoms with E-state index in [0.29, 0.717) is 26.1 Å². The first-order valence-corrected chi connectivity index (χ1v) is 10.8. The van der Waals surface area contributed by atoms with E-state index in [4.69, 9.17) is 5.73 Å². The van der Waals surface area contributed by atoms with Crippen molar-refractivity contribution in [2.24, 2.45) is 11.7 Å². The number of nitrogens with one attached hydrogen (secondary N) is 1. The molecule has 2 aliphatic rings. The Morgan fingerprint density at radius 2 is 1.87 bits per heavy atom. The molecule has 1 aromatic carbocycles. The standard InChI is InChI=1S/C23H27FN6O/c24-20-14-19(20)23(31)29-11-9-28(10-12-29)21-5-7-27-30-15-17(13-22(21)30)16-1-3-18(4-2-16)26-8-6-25/h1-5,7,13,15,19-20,26H,6,8-12,14,25H2/t19-,20-/m0/s1. The average Bonchev–Trinajstić information content (AvgIpc) is 3.38. The third-order valence-corrected chi connectivity index (χ3v) is 6.14. The van der Waals surface area contributed by atoms with Crippen LogP contribution < -0.4 is 16.0 Å². The summed E-state index contributed by atoms with van der Waals surface area (Å²) in [6.45, 7) is 4.06. The fraction of sp³-hybridized carbons (Fsp3) is 0.391. The number of rotatable bonds is 6. The second-order valence-electron chi connectivity index (χ2n) is 8.24. The maximum atomic E-state index is 13.2. The van der Waals surface area contributed by atoms with Gasteiger partial charge in [0, 0.05) is 62.9 Å². The van der Waals surface area contributed by atoms with Gasteiger partial charge in [0.25, 0.3) is 0 Å². The first kappa shape index (κ1) is 19.8. The maximum Gasteiger partial charge on any atom is 0.228 e. The number of hydrogen-bond acceptors (Lipinski definition) is 5. The Morgan fingerprint density at radius 1 is 1.13 bits per heavy atom. The van der Waals surface area contributed by atoms with Crippen molar-refractivity contribution in [3.8, 4) is 11.1 Å². The Balaban J connectivity index is 1.33. The number of amides is 1.